The van der Waals surface area contributed by atoms with Crippen molar-refractivity contribution in [3.8, 4) is 0 Å². The summed E-state index contributed by atoms with van der Waals surface area (Å²) in [5.74, 6) is 0. The molecule has 1 aliphatic heterocycles. The van der Waals surface area contributed by atoms with E-state index in [-0.39, 0.29) is 25.3 Å². The van der Waals surface area contributed by atoms with Crippen molar-refractivity contribution < 1.29 is 19.7 Å². The minimum atomic E-state index is -0.678. The molecule has 150 valence electrons. The van der Waals surface area contributed by atoms with Gasteiger partial charge in [-0.05, 0) is 42.9 Å². The normalized spacial score (nSPS) is 20.7. The lowest BCUT2D eigenvalue weighted by Crippen LogP contribution is -2.48. The fourth-order valence-corrected chi connectivity index (χ4v) is 3.92. The zero-order valence-electron chi connectivity index (χ0n) is 16.4. The molecule has 1 fully saturated rings. The molecular formula is C23H29NO4. The van der Waals surface area contributed by atoms with Gasteiger partial charge in [0.25, 0.3) is 0 Å². The van der Waals surface area contributed by atoms with Gasteiger partial charge in [0.2, 0.25) is 0 Å². The van der Waals surface area contributed by atoms with Crippen LogP contribution in [-0.2, 0) is 16.8 Å². The zero-order valence-corrected chi connectivity index (χ0v) is 16.4. The van der Waals surface area contributed by atoms with E-state index >= 15 is 0 Å². The predicted molar refractivity (Wildman–Crippen MR) is 108 cm³/mol. The molecule has 2 atom stereocenters. The Labute approximate surface area is 166 Å². The van der Waals surface area contributed by atoms with E-state index in [1.807, 2.05) is 61.5 Å². The Kier molecular flexibility index (Phi) is 6.70. The minimum absolute atomic E-state index is 0.0758. The van der Waals surface area contributed by atoms with Gasteiger partial charge in [-0.2, -0.15) is 0 Å². The van der Waals surface area contributed by atoms with Crippen LogP contribution in [0.25, 0.3) is 0 Å². The summed E-state index contributed by atoms with van der Waals surface area (Å²) in [7, 11) is 0. The third-order valence-corrected chi connectivity index (χ3v) is 5.64. The van der Waals surface area contributed by atoms with Crippen molar-refractivity contribution in [2.24, 2.45) is 0 Å². The highest BCUT2D eigenvalue weighted by Crippen LogP contribution is 2.40. The maximum Gasteiger partial charge on any atom is 0.411 e. The first-order valence-corrected chi connectivity index (χ1v) is 9.95. The fourth-order valence-electron chi connectivity index (χ4n) is 3.92. The quantitative estimate of drug-likeness (QED) is 0.728. The van der Waals surface area contributed by atoms with Crippen molar-refractivity contribution in [1.82, 2.24) is 4.90 Å². The number of cyclic esters (lactones) is 1. The van der Waals surface area contributed by atoms with Crippen LogP contribution in [0.1, 0.15) is 48.9 Å². The lowest BCUT2D eigenvalue weighted by atomic mass is 9.84. The first-order chi connectivity index (χ1) is 13.6. The SMILES string of the molecule is C[C@@H](c1ccc(CCO)cc1)N1CC[C@](CCCO)(c2ccccc2)OC1=O. The first-order valence-electron chi connectivity index (χ1n) is 9.95. The molecule has 0 radical (unpaired) electrons. The van der Waals surface area contributed by atoms with Crippen LogP contribution < -0.4 is 0 Å². The van der Waals surface area contributed by atoms with E-state index in [0.717, 1.165) is 16.7 Å². The molecule has 3 rings (SSSR count). The van der Waals surface area contributed by atoms with Gasteiger partial charge in [-0.25, -0.2) is 4.79 Å². The molecule has 5 nitrogen and oxygen atoms in total. The molecule has 0 bridgehead atoms. The molecule has 1 amide bonds. The van der Waals surface area contributed by atoms with Crippen molar-refractivity contribution >= 4 is 6.09 Å². The monoisotopic (exact) mass is 383 g/mol. The van der Waals surface area contributed by atoms with Crippen LogP contribution in [0, 0.1) is 0 Å². The number of carbonyl (C=O) groups excluding carboxylic acids is 1. The number of ether oxygens (including phenoxy) is 1. The Morgan fingerprint density at radius 2 is 1.79 bits per heavy atom. The maximum atomic E-state index is 12.9. The van der Waals surface area contributed by atoms with Gasteiger partial charge >= 0.3 is 6.09 Å². The third-order valence-electron chi connectivity index (χ3n) is 5.64. The Bertz CT molecular complexity index is 762. The van der Waals surface area contributed by atoms with E-state index in [9.17, 15) is 9.90 Å². The Hall–Kier alpha value is -2.37. The molecular weight excluding hydrogens is 354 g/mol. The molecule has 5 heteroatoms. The second-order valence-electron chi connectivity index (χ2n) is 7.39. The second kappa shape index (κ2) is 9.22. The standard InChI is InChI=1S/C23H29NO4/c1-18(20-10-8-19(9-11-20)12-17-26)24-15-14-23(13-5-16-25,28-22(24)27)21-6-3-2-4-7-21/h2-4,6-11,18,25-26H,5,12-17H2,1H3/t18-,23+/m0/s1. The third kappa shape index (κ3) is 4.37. The van der Waals surface area contributed by atoms with Crippen LogP contribution in [0.2, 0.25) is 0 Å². The van der Waals surface area contributed by atoms with E-state index in [4.69, 9.17) is 9.84 Å². The number of hydrogen-bond acceptors (Lipinski definition) is 4. The van der Waals surface area contributed by atoms with Crippen LogP contribution in [0.5, 0.6) is 0 Å². The number of nitrogens with zero attached hydrogens (tertiary/aromatic N) is 1. The van der Waals surface area contributed by atoms with E-state index in [2.05, 4.69) is 0 Å². The largest absolute Gasteiger partial charge is 0.438 e. The summed E-state index contributed by atoms with van der Waals surface area (Å²) in [6.07, 6.45) is 2.20. The predicted octanol–water partition coefficient (Wildman–Crippen LogP) is 3.79. The lowest BCUT2D eigenvalue weighted by Gasteiger charge is -2.43. The molecule has 0 unspecified atom stereocenters. The van der Waals surface area contributed by atoms with Crippen molar-refractivity contribution in [2.45, 2.75) is 44.2 Å². The van der Waals surface area contributed by atoms with Crippen molar-refractivity contribution in [3.05, 3.63) is 71.3 Å². The number of carbonyl (C=O) groups is 1. The second-order valence-corrected chi connectivity index (χ2v) is 7.39. The highest BCUT2D eigenvalue weighted by atomic mass is 16.6. The lowest BCUT2D eigenvalue weighted by molar-refractivity contribution is -0.0680. The molecule has 1 saturated heterocycles. The van der Waals surface area contributed by atoms with E-state index in [1.165, 1.54) is 0 Å². The molecule has 0 aromatic heterocycles. The van der Waals surface area contributed by atoms with Crippen LogP contribution in [0.3, 0.4) is 0 Å². The van der Waals surface area contributed by atoms with Gasteiger partial charge in [-0.15, -0.1) is 0 Å². The molecule has 0 aliphatic carbocycles. The van der Waals surface area contributed by atoms with Crippen LogP contribution in [-0.4, -0.2) is 41.0 Å². The zero-order chi connectivity index (χ0) is 20.0. The molecule has 0 saturated carbocycles. The topological polar surface area (TPSA) is 70.0 Å². The average molecular weight is 383 g/mol. The summed E-state index contributed by atoms with van der Waals surface area (Å²) in [6.45, 7) is 2.81. The van der Waals surface area contributed by atoms with Gasteiger partial charge in [0.15, 0.2) is 0 Å². The molecule has 1 aliphatic rings. The van der Waals surface area contributed by atoms with Gasteiger partial charge in [-0.3, -0.25) is 0 Å². The highest BCUT2D eigenvalue weighted by Gasteiger charge is 2.43. The van der Waals surface area contributed by atoms with Gasteiger partial charge in [0, 0.05) is 26.2 Å². The van der Waals surface area contributed by atoms with E-state index in [1.54, 1.807) is 4.90 Å². The van der Waals surface area contributed by atoms with Crippen LogP contribution in [0.15, 0.2) is 54.6 Å². The summed E-state index contributed by atoms with van der Waals surface area (Å²) >= 11 is 0. The Morgan fingerprint density at radius 1 is 1.07 bits per heavy atom. The number of rotatable bonds is 8. The molecule has 1 heterocycles. The Balaban J connectivity index is 1.76. The van der Waals surface area contributed by atoms with Crippen molar-refractivity contribution in [1.29, 1.82) is 0 Å². The highest BCUT2D eigenvalue weighted by molar-refractivity contribution is 5.70. The summed E-state index contributed by atoms with van der Waals surface area (Å²) in [5, 5.41) is 18.4. The van der Waals surface area contributed by atoms with Gasteiger partial charge in [-0.1, -0.05) is 54.6 Å². The van der Waals surface area contributed by atoms with E-state index in [0.29, 0.717) is 32.2 Å². The summed E-state index contributed by atoms with van der Waals surface area (Å²) in [4.78, 5) is 14.7. The molecule has 2 aromatic carbocycles. The van der Waals surface area contributed by atoms with Crippen molar-refractivity contribution in [2.75, 3.05) is 19.8 Å². The molecule has 2 aromatic rings. The minimum Gasteiger partial charge on any atom is -0.438 e. The molecule has 2 N–H and O–H groups in total. The van der Waals surface area contributed by atoms with Gasteiger partial charge in [0.1, 0.15) is 5.60 Å². The fraction of sp³-hybridized carbons (Fsp3) is 0.435. The first kappa shape index (κ1) is 20.4. The van der Waals surface area contributed by atoms with E-state index < -0.39 is 5.60 Å². The average Bonchev–Trinajstić information content (AvgIpc) is 2.73. The number of amides is 1. The number of aliphatic hydroxyl groups is 2. The number of aliphatic hydroxyl groups excluding tert-OH is 2. The van der Waals surface area contributed by atoms with Crippen LogP contribution >= 0.6 is 0 Å². The molecule has 0 spiro atoms. The van der Waals surface area contributed by atoms with Crippen molar-refractivity contribution in [3.63, 3.8) is 0 Å². The summed E-state index contributed by atoms with van der Waals surface area (Å²) < 4.78 is 6.02. The van der Waals surface area contributed by atoms with Crippen LogP contribution in [0.4, 0.5) is 4.79 Å². The summed E-state index contributed by atoms with van der Waals surface area (Å²) in [5.41, 5.74) is 2.42. The van der Waals surface area contributed by atoms with Gasteiger partial charge < -0.3 is 19.8 Å². The Morgan fingerprint density at radius 3 is 2.39 bits per heavy atom. The number of benzene rings is 2. The number of hydrogen-bond donors (Lipinski definition) is 2. The summed E-state index contributed by atoms with van der Waals surface area (Å²) in [6, 6.07) is 17.7. The smallest absolute Gasteiger partial charge is 0.411 e. The maximum absolute atomic E-state index is 12.9. The van der Waals surface area contributed by atoms with Gasteiger partial charge in [0.05, 0.1) is 6.04 Å². The molecule has 28 heavy (non-hydrogen) atoms.